The lowest BCUT2D eigenvalue weighted by Crippen LogP contribution is -2.10. The normalized spacial score (nSPS) is 15.8. The van der Waals surface area contributed by atoms with Crippen molar-refractivity contribution in [2.45, 2.75) is 26.2 Å². The van der Waals surface area contributed by atoms with Crippen molar-refractivity contribution in [3.63, 3.8) is 0 Å². The standard InChI is InChI=1S/C23H19ClN2O2S/c1-14-2-9-18-19(13-25)23(29-21(18)12-14)26-22(27)11-8-17-7-10-20(28-17)15-3-5-16(24)6-4-15/h3-8,10-11,14H,2,9,12H2,1H3,(H,26,27)/b11-8+/t14-/m1/s1. The number of nitrogens with one attached hydrogen (secondary N) is 1. The fraction of sp³-hybridized carbons (Fsp3) is 0.217. The molecule has 29 heavy (non-hydrogen) atoms. The van der Waals surface area contributed by atoms with Gasteiger partial charge in [-0.05, 0) is 73.2 Å². The first-order valence-electron chi connectivity index (χ1n) is 9.43. The molecule has 0 unspecified atom stereocenters. The summed E-state index contributed by atoms with van der Waals surface area (Å²) in [5.74, 6) is 1.61. The molecule has 1 aliphatic rings. The molecular formula is C23H19ClN2O2S. The number of hydrogen-bond donors (Lipinski definition) is 1. The Morgan fingerprint density at radius 3 is 2.86 bits per heavy atom. The van der Waals surface area contributed by atoms with Crippen molar-refractivity contribution in [3.8, 4) is 17.4 Å². The number of carbonyl (C=O) groups excluding carboxylic acids is 1. The van der Waals surface area contributed by atoms with Crippen molar-refractivity contribution < 1.29 is 9.21 Å². The first kappa shape index (κ1) is 19.5. The van der Waals surface area contributed by atoms with Crippen LogP contribution in [-0.2, 0) is 17.6 Å². The summed E-state index contributed by atoms with van der Waals surface area (Å²) in [5, 5.41) is 13.7. The van der Waals surface area contributed by atoms with Crippen LogP contribution in [-0.4, -0.2) is 5.91 Å². The summed E-state index contributed by atoms with van der Waals surface area (Å²) in [6, 6.07) is 13.3. The number of carbonyl (C=O) groups is 1. The molecule has 0 saturated carbocycles. The van der Waals surface area contributed by atoms with Crippen LogP contribution in [0.5, 0.6) is 0 Å². The van der Waals surface area contributed by atoms with Crippen molar-refractivity contribution in [3.05, 3.63) is 69.3 Å². The Morgan fingerprint density at radius 2 is 2.10 bits per heavy atom. The summed E-state index contributed by atoms with van der Waals surface area (Å²) in [6.07, 6.45) is 6.01. The topological polar surface area (TPSA) is 66.0 Å². The third kappa shape index (κ3) is 4.29. The van der Waals surface area contributed by atoms with Crippen molar-refractivity contribution in [1.82, 2.24) is 0 Å². The van der Waals surface area contributed by atoms with E-state index in [4.69, 9.17) is 16.0 Å². The molecule has 0 spiro atoms. The third-order valence-electron chi connectivity index (χ3n) is 5.01. The first-order chi connectivity index (χ1) is 14.0. The lowest BCUT2D eigenvalue weighted by Gasteiger charge is -2.17. The van der Waals surface area contributed by atoms with E-state index in [0.717, 1.165) is 30.4 Å². The summed E-state index contributed by atoms with van der Waals surface area (Å²) in [6.45, 7) is 2.22. The van der Waals surface area contributed by atoms with E-state index in [9.17, 15) is 10.1 Å². The minimum Gasteiger partial charge on any atom is -0.457 e. The Balaban J connectivity index is 1.46. The second kappa shape index (κ2) is 8.28. The summed E-state index contributed by atoms with van der Waals surface area (Å²) in [7, 11) is 0. The summed E-state index contributed by atoms with van der Waals surface area (Å²) in [5.41, 5.74) is 2.63. The number of furan rings is 1. The highest BCUT2D eigenvalue weighted by Gasteiger charge is 2.24. The number of hydrogen-bond acceptors (Lipinski definition) is 4. The lowest BCUT2D eigenvalue weighted by atomic mass is 9.89. The monoisotopic (exact) mass is 422 g/mol. The number of nitrogens with zero attached hydrogens (tertiary/aromatic N) is 1. The van der Waals surface area contributed by atoms with E-state index < -0.39 is 0 Å². The number of thiophene rings is 1. The zero-order chi connectivity index (χ0) is 20.4. The molecule has 1 aliphatic carbocycles. The molecule has 1 amide bonds. The highest BCUT2D eigenvalue weighted by molar-refractivity contribution is 7.16. The number of anilines is 1. The largest absolute Gasteiger partial charge is 0.457 e. The van der Waals surface area contributed by atoms with Crippen LogP contribution in [0.3, 0.4) is 0 Å². The molecule has 4 nitrogen and oxygen atoms in total. The molecule has 0 radical (unpaired) electrons. The van der Waals surface area contributed by atoms with Gasteiger partial charge < -0.3 is 9.73 Å². The Hall–Kier alpha value is -2.81. The van der Waals surface area contributed by atoms with Crippen LogP contribution < -0.4 is 5.32 Å². The Morgan fingerprint density at radius 1 is 1.31 bits per heavy atom. The highest BCUT2D eigenvalue weighted by Crippen LogP contribution is 2.39. The fourth-order valence-electron chi connectivity index (χ4n) is 3.48. The number of amides is 1. The van der Waals surface area contributed by atoms with Gasteiger partial charge in [-0.1, -0.05) is 18.5 Å². The van der Waals surface area contributed by atoms with Crippen LogP contribution in [0.1, 0.15) is 35.1 Å². The number of halogens is 1. The Kier molecular flexibility index (Phi) is 5.57. The predicted molar refractivity (Wildman–Crippen MR) is 117 cm³/mol. The molecule has 2 heterocycles. The molecule has 6 heteroatoms. The molecule has 3 aromatic rings. The smallest absolute Gasteiger partial charge is 0.249 e. The van der Waals surface area contributed by atoms with Gasteiger partial charge in [-0.2, -0.15) is 5.26 Å². The first-order valence-corrected chi connectivity index (χ1v) is 10.6. The van der Waals surface area contributed by atoms with Crippen LogP contribution in [0.25, 0.3) is 17.4 Å². The molecule has 2 aromatic heterocycles. The highest BCUT2D eigenvalue weighted by atomic mass is 35.5. The number of rotatable bonds is 4. The van der Waals surface area contributed by atoms with Crippen LogP contribution in [0.2, 0.25) is 5.02 Å². The maximum Gasteiger partial charge on any atom is 0.249 e. The maximum absolute atomic E-state index is 12.4. The van der Waals surface area contributed by atoms with E-state index in [-0.39, 0.29) is 5.91 Å². The Labute approximate surface area is 178 Å². The summed E-state index contributed by atoms with van der Waals surface area (Å²) < 4.78 is 5.77. The van der Waals surface area contributed by atoms with Crippen LogP contribution in [0.4, 0.5) is 5.00 Å². The van der Waals surface area contributed by atoms with Crippen molar-refractivity contribution in [2.75, 3.05) is 5.32 Å². The molecule has 146 valence electrons. The number of benzene rings is 1. The zero-order valence-electron chi connectivity index (χ0n) is 15.9. The minimum atomic E-state index is -0.280. The molecule has 4 rings (SSSR count). The van der Waals surface area contributed by atoms with E-state index in [1.807, 2.05) is 18.2 Å². The van der Waals surface area contributed by atoms with Gasteiger partial charge in [0.15, 0.2) is 0 Å². The minimum absolute atomic E-state index is 0.280. The predicted octanol–water partition coefficient (Wildman–Crippen LogP) is 6.31. The maximum atomic E-state index is 12.4. The van der Waals surface area contributed by atoms with Crippen LogP contribution in [0, 0.1) is 17.2 Å². The van der Waals surface area contributed by atoms with E-state index in [1.165, 1.54) is 22.3 Å². The van der Waals surface area contributed by atoms with Gasteiger partial charge in [-0.3, -0.25) is 4.79 Å². The summed E-state index contributed by atoms with van der Waals surface area (Å²) in [4.78, 5) is 13.6. The number of nitriles is 1. The molecule has 0 aliphatic heterocycles. The van der Waals surface area contributed by atoms with Gasteiger partial charge in [0.2, 0.25) is 5.91 Å². The van der Waals surface area contributed by atoms with Gasteiger partial charge in [-0.15, -0.1) is 11.3 Å². The molecule has 1 atom stereocenters. The van der Waals surface area contributed by atoms with E-state index in [2.05, 4.69) is 18.3 Å². The molecule has 0 saturated heterocycles. The SMILES string of the molecule is C[C@@H]1CCc2c(sc(NC(=O)/C=C/c3ccc(-c4ccc(Cl)cc4)o3)c2C#N)C1. The van der Waals surface area contributed by atoms with E-state index >= 15 is 0 Å². The summed E-state index contributed by atoms with van der Waals surface area (Å²) >= 11 is 7.43. The molecule has 1 N–H and O–H groups in total. The van der Waals surface area contributed by atoms with Crippen LogP contribution in [0.15, 0.2) is 46.9 Å². The van der Waals surface area contributed by atoms with Gasteiger partial charge in [0.1, 0.15) is 22.6 Å². The van der Waals surface area contributed by atoms with Crippen molar-refractivity contribution >= 4 is 39.9 Å². The van der Waals surface area contributed by atoms with Crippen molar-refractivity contribution in [2.24, 2.45) is 5.92 Å². The van der Waals surface area contributed by atoms with Crippen molar-refractivity contribution in [1.29, 1.82) is 5.26 Å². The second-order valence-corrected chi connectivity index (χ2v) is 8.74. The van der Waals surface area contributed by atoms with Gasteiger partial charge >= 0.3 is 0 Å². The van der Waals surface area contributed by atoms with E-state index in [1.54, 1.807) is 24.3 Å². The van der Waals surface area contributed by atoms with Gasteiger partial charge in [-0.25, -0.2) is 0 Å². The molecular weight excluding hydrogens is 404 g/mol. The van der Waals surface area contributed by atoms with Gasteiger partial charge in [0.25, 0.3) is 0 Å². The average Bonchev–Trinajstić information content (AvgIpc) is 3.30. The van der Waals surface area contributed by atoms with E-state index in [0.29, 0.717) is 33.0 Å². The van der Waals surface area contributed by atoms with Gasteiger partial charge in [0.05, 0.1) is 5.56 Å². The van der Waals surface area contributed by atoms with Gasteiger partial charge in [0, 0.05) is 21.5 Å². The molecule has 0 bridgehead atoms. The van der Waals surface area contributed by atoms with Crippen LogP contribution >= 0.6 is 22.9 Å². The molecule has 1 aromatic carbocycles. The number of fused-ring (bicyclic) bond motifs is 1. The Bertz CT molecular complexity index is 1120. The average molecular weight is 423 g/mol. The lowest BCUT2D eigenvalue weighted by molar-refractivity contribution is -0.111. The molecule has 0 fully saturated rings. The second-order valence-electron chi connectivity index (χ2n) is 7.20. The third-order valence-corrected chi connectivity index (χ3v) is 6.44. The quantitative estimate of drug-likeness (QED) is 0.501. The zero-order valence-corrected chi connectivity index (χ0v) is 17.4. The fourth-order valence-corrected chi connectivity index (χ4v) is 4.97.